The molecule has 0 amide bonds. The number of nitrogens with zero attached hydrogens (tertiary/aromatic N) is 4. The molecule has 8 heteroatoms. The molecular formula is C12H12BrN5O2. The molecule has 2 aromatic rings. The third-order valence-corrected chi connectivity index (χ3v) is 3.90. The van der Waals surface area contributed by atoms with Gasteiger partial charge in [0.2, 0.25) is 0 Å². The van der Waals surface area contributed by atoms with E-state index in [2.05, 4.69) is 26.2 Å². The van der Waals surface area contributed by atoms with E-state index >= 15 is 0 Å². The molecule has 1 saturated carbocycles. The van der Waals surface area contributed by atoms with Gasteiger partial charge in [-0.05, 0) is 47.3 Å². The summed E-state index contributed by atoms with van der Waals surface area (Å²) in [4.78, 5) is 10.9. The Balaban J connectivity index is 2.27. The molecule has 0 saturated heterocycles. The first kappa shape index (κ1) is 13.0. The van der Waals surface area contributed by atoms with Crippen LogP contribution in [0.2, 0.25) is 0 Å². The number of nitro benzene ring substituents is 1. The van der Waals surface area contributed by atoms with Gasteiger partial charge < -0.3 is 5.73 Å². The Labute approximate surface area is 123 Å². The Morgan fingerprint density at radius 1 is 1.50 bits per heavy atom. The first-order valence-corrected chi connectivity index (χ1v) is 6.94. The van der Waals surface area contributed by atoms with Crippen molar-refractivity contribution in [2.24, 2.45) is 0 Å². The number of hydrogen-bond donors (Lipinski definition) is 1. The molecule has 7 nitrogen and oxygen atoms in total. The summed E-state index contributed by atoms with van der Waals surface area (Å²) in [6.45, 7) is 1.80. The molecule has 0 atom stereocenters. The maximum Gasteiger partial charge on any atom is 0.296 e. The molecular weight excluding hydrogens is 326 g/mol. The quantitative estimate of drug-likeness (QED) is 0.685. The maximum atomic E-state index is 11.3. The van der Waals surface area contributed by atoms with Gasteiger partial charge in [0.1, 0.15) is 0 Å². The number of hydrogen-bond acceptors (Lipinski definition) is 5. The highest BCUT2D eigenvalue weighted by Gasteiger charge is 2.33. The summed E-state index contributed by atoms with van der Waals surface area (Å²) < 4.78 is 2.10. The Hall–Kier alpha value is -1.96. The van der Waals surface area contributed by atoms with Crippen LogP contribution in [0, 0.1) is 17.0 Å². The van der Waals surface area contributed by atoms with Crippen LogP contribution in [0.3, 0.4) is 0 Å². The topological polar surface area (TPSA) is 99.9 Å². The molecule has 1 aromatic heterocycles. The Bertz CT molecular complexity index is 708. The van der Waals surface area contributed by atoms with Gasteiger partial charge in [0, 0.05) is 12.0 Å². The summed E-state index contributed by atoms with van der Waals surface area (Å²) in [6, 6.07) is 3.34. The molecule has 1 fully saturated rings. The van der Waals surface area contributed by atoms with E-state index in [1.165, 1.54) is 10.7 Å². The van der Waals surface area contributed by atoms with Crippen molar-refractivity contribution >= 4 is 27.4 Å². The molecule has 0 unspecified atom stereocenters. The van der Waals surface area contributed by atoms with Crippen molar-refractivity contribution in [3.05, 3.63) is 38.0 Å². The van der Waals surface area contributed by atoms with Gasteiger partial charge >= 0.3 is 0 Å². The fourth-order valence-electron chi connectivity index (χ4n) is 2.27. The van der Waals surface area contributed by atoms with Gasteiger partial charge in [-0.3, -0.25) is 10.1 Å². The predicted octanol–water partition coefficient (Wildman–Crippen LogP) is 2.71. The highest BCUT2D eigenvalue weighted by Crippen LogP contribution is 2.44. The SMILES string of the molecule is Cc1cc(Br)c(-n2nnc(N)c2C2CC2)c([N+](=O)[O-])c1. The normalized spacial score (nSPS) is 14.5. The van der Waals surface area contributed by atoms with Gasteiger partial charge in [0.25, 0.3) is 5.69 Å². The van der Waals surface area contributed by atoms with Crippen LogP contribution in [-0.2, 0) is 0 Å². The van der Waals surface area contributed by atoms with E-state index in [-0.39, 0.29) is 11.6 Å². The molecule has 0 spiro atoms. The van der Waals surface area contributed by atoms with Crippen molar-refractivity contribution in [3.63, 3.8) is 0 Å². The number of aromatic nitrogens is 3. The lowest BCUT2D eigenvalue weighted by Gasteiger charge is -2.09. The van der Waals surface area contributed by atoms with Crippen molar-refractivity contribution in [2.45, 2.75) is 25.7 Å². The van der Waals surface area contributed by atoms with Crippen LogP contribution in [-0.4, -0.2) is 19.9 Å². The van der Waals surface area contributed by atoms with Crippen LogP contribution in [0.15, 0.2) is 16.6 Å². The van der Waals surface area contributed by atoms with Crippen molar-refractivity contribution in [1.29, 1.82) is 0 Å². The number of nitrogen functional groups attached to an aromatic ring is 1. The second-order valence-corrected chi connectivity index (χ2v) is 5.77. The third kappa shape index (κ3) is 2.05. The van der Waals surface area contributed by atoms with Gasteiger partial charge in [-0.15, -0.1) is 5.10 Å². The molecule has 104 valence electrons. The molecule has 1 aromatic carbocycles. The molecule has 0 radical (unpaired) electrons. The summed E-state index contributed by atoms with van der Waals surface area (Å²) in [5.74, 6) is 0.632. The Kier molecular flexibility index (Phi) is 2.97. The van der Waals surface area contributed by atoms with Crippen molar-refractivity contribution in [1.82, 2.24) is 15.0 Å². The first-order chi connectivity index (χ1) is 9.49. The van der Waals surface area contributed by atoms with Crippen LogP contribution in [0.25, 0.3) is 5.69 Å². The number of halogens is 1. The zero-order valence-corrected chi connectivity index (χ0v) is 12.3. The van der Waals surface area contributed by atoms with E-state index in [1.807, 2.05) is 6.07 Å². The van der Waals surface area contributed by atoms with E-state index in [4.69, 9.17) is 5.73 Å². The fraction of sp³-hybridized carbons (Fsp3) is 0.333. The highest BCUT2D eigenvalue weighted by atomic mass is 79.9. The summed E-state index contributed by atoms with van der Waals surface area (Å²) in [5, 5.41) is 19.1. The van der Waals surface area contributed by atoms with Gasteiger partial charge in [-0.1, -0.05) is 5.21 Å². The zero-order chi connectivity index (χ0) is 14.4. The maximum absolute atomic E-state index is 11.3. The highest BCUT2D eigenvalue weighted by molar-refractivity contribution is 9.10. The lowest BCUT2D eigenvalue weighted by atomic mass is 10.2. The molecule has 0 aliphatic heterocycles. The minimum atomic E-state index is -0.415. The zero-order valence-electron chi connectivity index (χ0n) is 10.7. The molecule has 1 aliphatic carbocycles. The summed E-state index contributed by atoms with van der Waals surface area (Å²) in [6.07, 6.45) is 2.02. The average molecular weight is 338 g/mol. The van der Waals surface area contributed by atoms with Crippen molar-refractivity contribution in [3.8, 4) is 5.69 Å². The molecule has 20 heavy (non-hydrogen) atoms. The van der Waals surface area contributed by atoms with E-state index < -0.39 is 4.92 Å². The van der Waals surface area contributed by atoms with Crippen LogP contribution >= 0.6 is 15.9 Å². The fourth-order valence-corrected chi connectivity index (χ4v) is 3.00. The number of aryl methyl sites for hydroxylation is 1. The Morgan fingerprint density at radius 2 is 2.20 bits per heavy atom. The lowest BCUT2D eigenvalue weighted by molar-refractivity contribution is -0.384. The van der Waals surface area contributed by atoms with Crippen LogP contribution in [0.4, 0.5) is 11.5 Å². The standard InChI is InChI=1S/C12H12BrN5O2/c1-6-4-8(13)11(9(5-6)18(19)20)17-10(7-2-3-7)12(14)15-16-17/h4-5,7H,2-3,14H2,1H3. The lowest BCUT2D eigenvalue weighted by Crippen LogP contribution is -2.07. The average Bonchev–Trinajstić information content (AvgIpc) is 3.12. The van der Waals surface area contributed by atoms with E-state index in [0.29, 0.717) is 16.0 Å². The smallest absolute Gasteiger partial charge is 0.296 e. The van der Waals surface area contributed by atoms with Crippen LogP contribution < -0.4 is 5.73 Å². The van der Waals surface area contributed by atoms with E-state index in [9.17, 15) is 10.1 Å². The monoisotopic (exact) mass is 337 g/mol. The van der Waals surface area contributed by atoms with Gasteiger partial charge in [0.15, 0.2) is 11.5 Å². The second-order valence-electron chi connectivity index (χ2n) is 4.92. The molecule has 1 aliphatic rings. The third-order valence-electron chi connectivity index (χ3n) is 3.29. The van der Waals surface area contributed by atoms with Gasteiger partial charge in [0.05, 0.1) is 15.1 Å². The number of nitro groups is 1. The number of rotatable bonds is 3. The molecule has 3 rings (SSSR count). The van der Waals surface area contributed by atoms with Gasteiger partial charge in [-0.25, -0.2) is 4.68 Å². The number of nitrogens with two attached hydrogens (primary N) is 1. The van der Waals surface area contributed by atoms with Crippen molar-refractivity contribution in [2.75, 3.05) is 5.73 Å². The van der Waals surface area contributed by atoms with E-state index in [0.717, 1.165) is 24.1 Å². The first-order valence-electron chi connectivity index (χ1n) is 6.15. The number of anilines is 1. The minimum absolute atomic E-state index is 0.0105. The molecule has 1 heterocycles. The minimum Gasteiger partial charge on any atom is -0.381 e. The Morgan fingerprint density at radius 3 is 2.80 bits per heavy atom. The summed E-state index contributed by atoms with van der Waals surface area (Å²) >= 11 is 3.38. The number of benzene rings is 1. The second kappa shape index (κ2) is 4.55. The summed E-state index contributed by atoms with van der Waals surface area (Å²) in [7, 11) is 0. The van der Waals surface area contributed by atoms with Crippen LogP contribution in [0.1, 0.15) is 30.0 Å². The summed E-state index contributed by atoms with van der Waals surface area (Å²) in [5.41, 5.74) is 7.78. The van der Waals surface area contributed by atoms with E-state index in [1.54, 1.807) is 6.92 Å². The molecule has 0 bridgehead atoms. The van der Waals surface area contributed by atoms with Gasteiger partial charge in [-0.2, -0.15) is 0 Å². The predicted molar refractivity (Wildman–Crippen MR) is 76.8 cm³/mol. The van der Waals surface area contributed by atoms with Crippen LogP contribution in [0.5, 0.6) is 0 Å². The largest absolute Gasteiger partial charge is 0.381 e. The van der Waals surface area contributed by atoms with Crippen molar-refractivity contribution < 1.29 is 4.92 Å². The molecule has 2 N–H and O–H groups in total.